The third-order valence-electron chi connectivity index (χ3n) is 6.83. The molecule has 2 fully saturated rings. The summed E-state index contributed by atoms with van der Waals surface area (Å²) in [6.07, 6.45) is 5.76. The van der Waals surface area contributed by atoms with Crippen molar-refractivity contribution in [1.29, 1.82) is 0 Å². The molecule has 1 unspecified atom stereocenters. The van der Waals surface area contributed by atoms with Crippen LogP contribution in [-0.2, 0) is 11.0 Å². The number of aromatic nitrogens is 2. The van der Waals surface area contributed by atoms with Crippen molar-refractivity contribution in [1.82, 2.24) is 14.9 Å². The Morgan fingerprint density at radius 3 is 2.68 bits per heavy atom. The van der Waals surface area contributed by atoms with Crippen molar-refractivity contribution in [2.45, 2.75) is 43.1 Å². The summed E-state index contributed by atoms with van der Waals surface area (Å²) >= 11 is 0. The first-order valence-electron chi connectivity index (χ1n) is 10.0. The molecule has 148 valence electrons. The van der Waals surface area contributed by atoms with E-state index in [1.165, 1.54) is 5.56 Å². The minimum atomic E-state index is -0.786. The SMILES string of the molecule is CN1CCC2(C1)CN(c1nc(N)ncc1F)c1cc(C3(O)CCCC3)ccc12. The molecule has 2 aromatic rings. The van der Waals surface area contributed by atoms with Gasteiger partial charge >= 0.3 is 0 Å². The van der Waals surface area contributed by atoms with Crippen molar-refractivity contribution in [3.63, 3.8) is 0 Å². The van der Waals surface area contributed by atoms with Crippen molar-refractivity contribution in [2.24, 2.45) is 0 Å². The van der Waals surface area contributed by atoms with Crippen LogP contribution < -0.4 is 10.6 Å². The minimum Gasteiger partial charge on any atom is -0.385 e. The van der Waals surface area contributed by atoms with E-state index in [2.05, 4.69) is 34.0 Å². The number of rotatable bonds is 2. The molecule has 0 bridgehead atoms. The van der Waals surface area contributed by atoms with Crippen LogP contribution in [0.15, 0.2) is 24.4 Å². The number of nitrogens with two attached hydrogens (primary N) is 1. The van der Waals surface area contributed by atoms with Crippen molar-refractivity contribution >= 4 is 17.5 Å². The number of hydrogen-bond donors (Lipinski definition) is 2. The van der Waals surface area contributed by atoms with Crippen molar-refractivity contribution in [2.75, 3.05) is 37.3 Å². The standard InChI is InChI=1S/C21H26FN5O/c1-26-9-8-20(12-26)13-27(18-16(22)11-24-19(23)25-18)17-10-14(4-5-15(17)20)21(28)6-2-3-7-21/h4-5,10-11,28H,2-3,6-9,12-13H2,1H3,(H2,23,24,25). The number of anilines is 3. The van der Waals surface area contributed by atoms with Crippen molar-refractivity contribution < 1.29 is 9.50 Å². The van der Waals surface area contributed by atoms with Crippen LogP contribution in [0.25, 0.3) is 0 Å². The Balaban J connectivity index is 1.66. The fraction of sp³-hybridized carbons (Fsp3) is 0.524. The fourth-order valence-electron chi connectivity index (χ4n) is 5.39. The lowest BCUT2D eigenvalue weighted by Gasteiger charge is -2.25. The fourth-order valence-corrected chi connectivity index (χ4v) is 5.39. The normalized spacial score (nSPS) is 26.3. The maximum absolute atomic E-state index is 14.7. The quantitative estimate of drug-likeness (QED) is 0.830. The minimum absolute atomic E-state index is 0.0624. The topological polar surface area (TPSA) is 78.5 Å². The number of likely N-dealkylation sites (tertiary alicyclic amines) is 1. The molecule has 1 saturated carbocycles. The Morgan fingerprint density at radius 2 is 1.96 bits per heavy atom. The second kappa shape index (κ2) is 6.12. The summed E-state index contributed by atoms with van der Waals surface area (Å²) in [6.45, 7) is 2.58. The number of fused-ring (bicyclic) bond motifs is 2. The second-order valence-corrected chi connectivity index (χ2v) is 8.72. The molecule has 3 aliphatic rings. The summed E-state index contributed by atoms with van der Waals surface area (Å²) < 4.78 is 14.7. The molecule has 3 heterocycles. The number of nitrogens with zero attached hydrogens (tertiary/aromatic N) is 4. The van der Waals surface area contributed by atoms with Gasteiger partial charge in [0.2, 0.25) is 5.95 Å². The third kappa shape index (κ3) is 2.60. The van der Waals surface area contributed by atoms with E-state index in [0.29, 0.717) is 6.54 Å². The lowest BCUT2D eigenvalue weighted by Crippen LogP contribution is -2.34. The van der Waals surface area contributed by atoms with E-state index in [9.17, 15) is 9.50 Å². The van der Waals surface area contributed by atoms with Crippen LogP contribution in [-0.4, -0.2) is 46.7 Å². The molecule has 1 aliphatic carbocycles. The summed E-state index contributed by atoms with van der Waals surface area (Å²) in [5.74, 6) is -0.197. The number of halogens is 1. The van der Waals surface area contributed by atoms with Gasteiger partial charge in [-0.1, -0.05) is 25.0 Å². The van der Waals surface area contributed by atoms with E-state index in [4.69, 9.17) is 5.73 Å². The highest BCUT2D eigenvalue weighted by molar-refractivity contribution is 5.73. The van der Waals surface area contributed by atoms with E-state index in [1.807, 2.05) is 11.0 Å². The molecule has 1 aromatic heterocycles. The van der Waals surface area contributed by atoms with Gasteiger partial charge in [0.1, 0.15) is 0 Å². The Bertz CT molecular complexity index is 929. The molecule has 3 N–H and O–H groups in total. The number of likely N-dealkylation sites (N-methyl/N-ethyl adjacent to an activating group) is 1. The van der Waals surface area contributed by atoms with Crippen molar-refractivity contribution in [3.05, 3.63) is 41.3 Å². The first-order chi connectivity index (χ1) is 13.4. The van der Waals surface area contributed by atoms with Crippen LogP contribution in [0.5, 0.6) is 0 Å². The molecule has 1 aromatic carbocycles. The third-order valence-corrected chi connectivity index (χ3v) is 6.83. The average molecular weight is 383 g/mol. The Kier molecular flexibility index (Phi) is 3.90. The summed E-state index contributed by atoms with van der Waals surface area (Å²) in [5, 5.41) is 11.1. The molecule has 28 heavy (non-hydrogen) atoms. The summed E-state index contributed by atoms with van der Waals surface area (Å²) in [6, 6.07) is 6.26. The second-order valence-electron chi connectivity index (χ2n) is 8.72. The van der Waals surface area contributed by atoms with E-state index >= 15 is 0 Å². The predicted octanol–water partition coefficient (Wildman–Crippen LogP) is 2.68. The summed E-state index contributed by atoms with van der Waals surface area (Å²) in [5.41, 5.74) is 7.98. The first kappa shape index (κ1) is 17.8. The largest absolute Gasteiger partial charge is 0.385 e. The Morgan fingerprint density at radius 1 is 1.18 bits per heavy atom. The number of aliphatic hydroxyl groups is 1. The molecule has 7 heteroatoms. The average Bonchev–Trinajstić information content (AvgIpc) is 3.36. The Hall–Kier alpha value is -2.25. The van der Waals surface area contributed by atoms with E-state index in [1.54, 1.807) is 0 Å². The van der Waals surface area contributed by atoms with Gasteiger partial charge in [0.25, 0.3) is 0 Å². The van der Waals surface area contributed by atoms with Gasteiger partial charge in [-0.25, -0.2) is 9.37 Å². The van der Waals surface area contributed by atoms with Crippen LogP contribution in [0.1, 0.15) is 43.2 Å². The molecule has 1 saturated heterocycles. The van der Waals surface area contributed by atoms with Crippen LogP contribution in [0.3, 0.4) is 0 Å². The lowest BCUT2D eigenvalue weighted by molar-refractivity contribution is 0.0445. The van der Waals surface area contributed by atoms with Gasteiger partial charge in [0.15, 0.2) is 11.6 Å². The smallest absolute Gasteiger partial charge is 0.222 e. The molecule has 5 rings (SSSR count). The maximum Gasteiger partial charge on any atom is 0.222 e. The molecule has 6 nitrogen and oxygen atoms in total. The maximum atomic E-state index is 14.7. The Labute approximate surface area is 164 Å². The lowest BCUT2D eigenvalue weighted by atomic mass is 9.80. The zero-order valence-electron chi connectivity index (χ0n) is 16.2. The highest BCUT2D eigenvalue weighted by Crippen LogP contribution is 2.51. The number of nitrogen functional groups attached to an aromatic ring is 1. The van der Waals surface area contributed by atoms with Crippen LogP contribution in [0.4, 0.5) is 21.8 Å². The summed E-state index contributed by atoms with van der Waals surface area (Å²) in [7, 11) is 2.12. The van der Waals surface area contributed by atoms with Gasteiger partial charge < -0.3 is 20.6 Å². The van der Waals surface area contributed by atoms with Gasteiger partial charge in [0.05, 0.1) is 11.8 Å². The molecular formula is C21H26FN5O. The van der Waals surface area contributed by atoms with Crippen LogP contribution >= 0.6 is 0 Å². The van der Waals surface area contributed by atoms with E-state index < -0.39 is 11.4 Å². The van der Waals surface area contributed by atoms with E-state index in [0.717, 1.165) is 62.6 Å². The first-order valence-corrected chi connectivity index (χ1v) is 10.0. The monoisotopic (exact) mass is 383 g/mol. The van der Waals surface area contributed by atoms with Crippen LogP contribution in [0, 0.1) is 5.82 Å². The van der Waals surface area contributed by atoms with Gasteiger partial charge in [0, 0.05) is 24.2 Å². The zero-order valence-corrected chi connectivity index (χ0v) is 16.2. The van der Waals surface area contributed by atoms with Gasteiger partial charge in [-0.15, -0.1) is 0 Å². The highest BCUT2D eigenvalue weighted by Gasteiger charge is 2.48. The molecule has 0 amide bonds. The van der Waals surface area contributed by atoms with Gasteiger partial charge in [-0.2, -0.15) is 4.98 Å². The van der Waals surface area contributed by atoms with Crippen LogP contribution in [0.2, 0.25) is 0 Å². The molecular weight excluding hydrogens is 357 g/mol. The van der Waals surface area contributed by atoms with Crippen molar-refractivity contribution in [3.8, 4) is 0 Å². The molecule has 0 radical (unpaired) electrons. The van der Waals surface area contributed by atoms with Gasteiger partial charge in [-0.3, -0.25) is 0 Å². The van der Waals surface area contributed by atoms with E-state index in [-0.39, 0.29) is 17.2 Å². The molecule has 1 spiro atoms. The zero-order chi connectivity index (χ0) is 19.5. The predicted molar refractivity (Wildman–Crippen MR) is 106 cm³/mol. The highest BCUT2D eigenvalue weighted by atomic mass is 19.1. The molecule has 1 atom stereocenters. The number of benzene rings is 1. The van der Waals surface area contributed by atoms with Gasteiger partial charge in [-0.05, 0) is 50.0 Å². The number of hydrogen-bond acceptors (Lipinski definition) is 6. The summed E-state index contributed by atoms with van der Waals surface area (Å²) in [4.78, 5) is 12.2. The molecule has 2 aliphatic heterocycles.